The van der Waals surface area contributed by atoms with Gasteiger partial charge in [0, 0.05) is 29.1 Å². The number of thiophene rings is 1. The predicted molar refractivity (Wildman–Crippen MR) is 123 cm³/mol. The number of carbonyl (C=O) groups excluding carboxylic acids is 1. The number of hydrogen-bond acceptors (Lipinski definition) is 6. The topological polar surface area (TPSA) is 68.5 Å². The van der Waals surface area contributed by atoms with Crippen molar-refractivity contribution in [2.45, 2.75) is 25.4 Å². The number of rotatable bonds is 6. The lowest BCUT2D eigenvalue weighted by atomic mass is 9.97. The summed E-state index contributed by atoms with van der Waals surface area (Å²) in [6, 6.07) is 17.4. The Labute approximate surface area is 194 Å². The highest BCUT2D eigenvalue weighted by molar-refractivity contribution is 7.09. The fourth-order valence-corrected chi connectivity index (χ4v) is 4.58. The molecule has 1 atom stereocenters. The van der Waals surface area contributed by atoms with Crippen LogP contribution in [0.1, 0.15) is 39.9 Å². The highest BCUT2D eigenvalue weighted by atomic mass is 32.1. The zero-order valence-electron chi connectivity index (χ0n) is 17.8. The molecule has 1 unspecified atom stereocenters. The smallest absolute Gasteiger partial charge is 0.254 e. The number of nitrogens with zero attached hydrogens (tertiary/aromatic N) is 3. The third kappa shape index (κ3) is 4.96. The van der Waals surface area contributed by atoms with E-state index >= 15 is 0 Å². The molecule has 4 aromatic rings. The van der Waals surface area contributed by atoms with Crippen LogP contribution < -0.4 is 4.74 Å². The van der Waals surface area contributed by atoms with Gasteiger partial charge in [-0.3, -0.25) is 4.79 Å². The Kier molecular flexibility index (Phi) is 6.17. The normalized spacial score (nSPS) is 16.0. The minimum absolute atomic E-state index is 0.0499. The van der Waals surface area contributed by atoms with E-state index in [0.29, 0.717) is 48.3 Å². The number of benzene rings is 2. The van der Waals surface area contributed by atoms with Crippen LogP contribution in [-0.4, -0.2) is 34.0 Å². The lowest BCUT2D eigenvalue weighted by Gasteiger charge is -2.31. The summed E-state index contributed by atoms with van der Waals surface area (Å²) in [4.78, 5) is 20.6. The fraction of sp³-hybridized carbons (Fsp3) is 0.240. The molecule has 5 rings (SSSR count). The molecule has 1 amide bonds. The fourth-order valence-electron chi connectivity index (χ4n) is 3.96. The average molecular weight is 464 g/mol. The molecule has 1 aliphatic rings. The van der Waals surface area contributed by atoms with Crippen LogP contribution >= 0.6 is 11.3 Å². The molecule has 0 aliphatic carbocycles. The Morgan fingerprint density at radius 3 is 2.94 bits per heavy atom. The minimum Gasteiger partial charge on any atom is -0.488 e. The Morgan fingerprint density at radius 2 is 2.09 bits per heavy atom. The second kappa shape index (κ2) is 9.54. The summed E-state index contributed by atoms with van der Waals surface area (Å²) in [6.07, 6.45) is 1.68. The average Bonchev–Trinajstić information content (AvgIpc) is 3.55. The van der Waals surface area contributed by atoms with Crippen molar-refractivity contribution in [1.82, 2.24) is 15.0 Å². The van der Waals surface area contributed by atoms with Crippen molar-refractivity contribution in [2.75, 3.05) is 13.1 Å². The van der Waals surface area contributed by atoms with E-state index in [1.165, 1.54) is 12.1 Å². The largest absolute Gasteiger partial charge is 0.488 e. The van der Waals surface area contributed by atoms with Gasteiger partial charge in [0.1, 0.15) is 18.2 Å². The zero-order chi connectivity index (χ0) is 22.6. The molecule has 168 valence electrons. The van der Waals surface area contributed by atoms with Crippen LogP contribution in [0.15, 0.2) is 70.6 Å². The van der Waals surface area contributed by atoms with Crippen LogP contribution in [0.25, 0.3) is 11.4 Å². The highest BCUT2D eigenvalue weighted by Crippen LogP contribution is 2.29. The SMILES string of the molecule is O=C(c1cccc(OCc2cccs2)c1)N1CCCC(c2nc(-c3cccc(F)c3)no2)C1. The van der Waals surface area contributed by atoms with Gasteiger partial charge in [-0.1, -0.05) is 29.4 Å². The van der Waals surface area contributed by atoms with Gasteiger partial charge in [-0.15, -0.1) is 11.3 Å². The molecule has 2 aromatic carbocycles. The molecule has 6 nitrogen and oxygen atoms in total. The molecule has 1 aliphatic heterocycles. The van der Waals surface area contributed by atoms with Gasteiger partial charge in [0.05, 0.1) is 5.92 Å². The van der Waals surface area contributed by atoms with Gasteiger partial charge in [0.25, 0.3) is 5.91 Å². The van der Waals surface area contributed by atoms with Crippen molar-refractivity contribution in [2.24, 2.45) is 0 Å². The van der Waals surface area contributed by atoms with E-state index < -0.39 is 0 Å². The van der Waals surface area contributed by atoms with Gasteiger partial charge >= 0.3 is 0 Å². The number of ether oxygens (including phenoxy) is 1. The van der Waals surface area contributed by atoms with Gasteiger partial charge in [0.15, 0.2) is 0 Å². The molecule has 0 radical (unpaired) electrons. The van der Waals surface area contributed by atoms with E-state index in [1.807, 2.05) is 34.5 Å². The van der Waals surface area contributed by atoms with Crippen molar-refractivity contribution in [1.29, 1.82) is 0 Å². The van der Waals surface area contributed by atoms with E-state index in [4.69, 9.17) is 9.26 Å². The van der Waals surface area contributed by atoms with Gasteiger partial charge in [-0.05, 0) is 54.6 Å². The lowest BCUT2D eigenvalue weighted by Crippen LogP contribution is -2.39. The quantitative estimate of drug-likeness (QED) is 0.376. The molecule has 3 heterocycles. The second-order valence-corrected chi connectivity index (χ2v) is 8.99. The number of hydrogen-bond donors (Lipinski definition) is 0. The maximum absolute atomic E-state index is 13.5. The van der Waals surface area contributed by atoms with Crippen LogP contribution in [0, 0.1) is 5.82 Å². The van der Waals surface area contributed by atoms with E-state index in [0.717, 1.165) is 17.7 Å². The van der Waals surface area contributed by atoms with Crippen molar-refractivity contribution in [3.63, 3.8) is 0 Å². The summed E-state index contributed by atoms with van der Waals surface area (Å²) in [5.74, 6) is 1.03. The third-order valence-electron chi connectivity index (χ3n) is 5.62. The first-order valence-electron chi connectivity index (χ1n) is 10.8. The number of carbonyl (C=O) groups is 1. The van der Waals surface area contributed by atoms with E-state index in [1.54, 1.807) is 35.6 Å². The van der Waals surface area contributed by atoms with Crippen molar-refractivity contribution >= 4 is 17.2 Å². The first-order valence-corrected chi connectivity index (χ1v) is 11.7. The summed E-state index contributed by atoms with van der Waals surface area (Å²) in [6.45, 7) is 1.64. The standard InChI is InChI=1S/C25H22FN3O3S/c26-20-8-1-5-17(13-20)23-27-24(32-28-23)19-7-3-11-29(15-19)25(30)18-6-2-9-21(14-18)31-16-22-10-4-12-33-22/h1-2,4-6,8-10,12-14,19H,3,7,11,15-16H2. The second-order valence-electron chi connectivity index (χ2n) is 7.95. The Hall–Kier alpha value is -3.52. The van der Waals surface area contributed by atoms with Gasteiger partial charge in [0.2, 0.25) is 11.7 Å². The first-order chi connectivity index (χ1) is 16.2. The molecule has 0 spiro atoms. The maximum Gasteiger partial charge on any atom is 0.254 e. The minimum atomic E-state index is -0.352. The Morgan fingerprint density at radius 1 is 1.18 bits per heavy atom. The Balaban J connectivity index is 1.26. The summed E-state index contributed by atoms with van der Waals surface area (Å²) >= 11 is 1.64. The number of halogens is 1. The summed E-state index contributed by atoms with van der Waals surface area (Å²) in [7, 11) is 0. The molecule has 2 aromatic heterocycles. The van der Waals surface area contributed by atoms with E-state index in [2.05, 4.69) is 10.1 Å². The molecular weight excluding hydrogens is 441 g/mol. The van der Waals surface area contributed by atoms with Gasteiger partial charge in [-0.2, -0.15) is 4.98 Å². The molecule has 1 saturated heterocycles. The maximum atomic E-state index is 13.5. The molecule has 8 heteroatoms. The summed E-state index contributed by atoms with van der Waals surface area (Å²) in [5.41, 5.74) is 1.15. The van der Waals surface area contributed by atoms with Crippen LogP contribution in [0.4, 0.5) is 4.39 Å². The highest BCUT2D eigenvalue weighted by Gasteiger charge is 2.29. The molecule has 0 N–H and O–H groups in total. The Bertz CT molecular complexity index is 1240. The molecule has 33 heavy (non-hydrogen) atoms. The lowest BCUT2D eigenvalue weighted by molar-refractivity contribution is 0.0695. The molecular formula is C25H22FN3O3S. The summed E-state index contributed by atoms with van der Waals surface area (Å²) < 4.78 is 24.9. The number of aromatic nitrogens is 2. The van der Waals surface area contributed by atoms with Gasteiger partial charge < -0.3 is 14.2 Å². The molecule has 1 fully saturated rings. The number of amides is 1. The zero-order valence-corrected chi connectivity index (χ0v) is 18.6. The van der Waals surface area contributed by atoms with Crippen molar-refractivity contribution in [3.05, 3.63) is 88.2 Å². The first kappa shape index (κ1) is 21.3. The van der Waals surface area contributed by atoms with Crippen LogP contribution in [-0.2, 0) is 6.61 Å². The number of likely N-dealkylation sites (tertiary alicyclic amines) is 1. The molecule has 0 saturated carbocycles. The van der Waals surface area contributed by atoms with E-state index in [-0.39, 0.29) is 17.6 Å². The third-order valence-corrected chi connectivity index (χ3v) is 6.47. The summed E-state index contributed by atoms with van der Waals surface area (Å²) in [5, 5.41) is 6.02. The number of piperidine rings is 1. The predicted octanol–water partition coefficient (Wildman–Crippen LogP) is 5.54. The van der Waals surface area contributed by atoms with Gasteiger partial charge in [-0.25, -0.2) is 4.39 Å². The van der Waals surface area contributed by atoms with Crippen molar-refractivity contribution < 1.29 is 18.4 Å². The van der Waals surface area contributed by atoms with Crippen LogP contribution in [0.3, 0.4) is 0 Å². The van der Waals surface area contributed by atoms with E-state index in [9.17, 15) is 9.18 Å². The van der Waals surface area contributed by atoms with Crippen LogP contribution in [0.5, 0.6) is 5.75 Å². The van der Waals surface area contributed by atoms with Crippen molar-refractivity contribution in [3.8, 4) is 17.1 Å². The molecule has 0 bridgehead atoms. The van der Waals surface area contributed by atoms with Crippen LogP contribution in [0.2, 0.25) is 0 Å². The monoisotopic (exact) mass is 463 g/mol.